The molecule has 3 aromatic rings. The van der Waals surface area contributed by atoms with Gasteiger partial charge >= 0.3 is 0 Å². The van der Waals surface area contributed by atoms with E-state index >= 15 is 0 Å². The van der Waals surface area contributed by atoms with E-state index in [1.165, 1.54) is 0 Å². The molecule has 0 bridgehead atoms. The molecule has 0 atom stereocenters. The lowest BCUT2D eigenvalue weighted by Gasteiger charge is -2.03. The molecular formula is C18H15N3O2. The number of carbonyl (C=O) groups is 1. The Hall–Kier alpha value is -2.95. The van der Waals surface area contributed by atoms with Crippen LogP contribution in [-0.2, 0) is 0 Å². The fourth-order valence-electron chi connectivity index (χ4n) is 2.34. The summed E-state index contributed by atoms with van der Waals surface area (Å²) in [6, 6.07) is 17.2. The van der Waals surface area contributed by atoms with Gasteiger partial charge in [-0.25, -0.2) is 0 Å². The van der Waals surface area contributed by atoms with Crippen LogP contribution in [0.3, 0.4) is 0 Å². The molecule has 1 aliphatic carbocycles. The Kier molecular flexibility index (Phi) is 3.38. The van der Waals surface area contributed by atoms with Crippen LogP contribution in [0.25, 0.3) is 22.8 Å². The molecule has 5 nitrogen and oxygen atoms in total. The van der Waals surface area contributed by atoms with Crippen LogP contribution in [0.1, 0.15) is 23.2 Å². The number of carbonyl (C=O) groups excluding carboxylic acids is 1. The minimum absolute atomic E-state index is 0.0582. The largest absolute Gasteiger partial charge is 0.349 e. The summed E-state index contributed by atoms with van der Waals surface area (Å²) in [5.74, 6) is 0.885. The van der Waals surface area contributed by atoms with Gasteiger partial charge in [-0.2, -0.15) is 4.98 Å². The molecule has 4 rings (SSSR count). The maximum Gasteiger partial charge on any atom is 0.258 e. The lowest BCUT2D eigenvalue weighted by atomic mass is 10.1. The predicted molar refractivity (Wildman–Crippen MR) is 85.7 cm³/mol. The van der Waals surface area contributed by atoms with Crippen LogP contribution in [-0.4, -0.2) is 22.1 Å². The molecule has 23 heavy (non-hydrogen) atoms. The highest BCUT2D eigenvalue weighted by atomic mass is 16.5. The van der Waals surface area contributed by atoms with Crippen molar-refractivity contribution in [2.75, 3.05) is 0 Å². The summed E-state index contributed by atoms with van der Waals surface area (Å²) in [5.41, 5.74) is 2.24. The normalized spacial score (nSPS) is 13.7. The minimum atomic E-state index is -0.0582. The van der Waals surface area contributed by atoms with E-state index in [0.717, 1.165) is 24.0 Å². The average Bonchev–Trinajstić information content (AvgIpc) is 3.27. The van der Waals surface area contributed by atoms with Gasteiger partial charge in [-0.15, -0.1) is 0 Å². The van der Waals surface area contributed by atoms with E-state index in [0.29, 0.717) is 23.3 Å². The van der Waals surface area contributed by atoms with Gasteiger partial charge in [0, 0.05) is 22.7 Å². The first-order valence-electron chi connectivity index (χ1n) is 7.60. The van der Waals surface area contributed by atoms with Crippen LogP contribution in [0.5, 0.6) is 0 Å². The van der Waals surface area contributed by atoms with Crippen LogP contribution < -0.4 is 5.32 Å². The SMILES string of the molecule is O=C(NC1CC1)c1cccc(-c2nc(-c3ccccc3)no2)c1. The molecule has 1 fully saturated rings. The van der Waals surface area contributed by atoms with Crippen molar-refractivity contribution < 1.29 is 9.32 Å². The predicted octanol–water partition coefficient (Wildman–Crippen LogP) is 3.30. The number of nitrogens with zero attached hydrogens (tertiary/aromatic N) is 2. The summed E-state index contributed by atoms with van der Waals surface area (Å²) in [6.45, 7) is 0. The van der Waals surface area contributed by atoms with Crippen molar-refractivity contribution in [2.24, 2.45) is 0 Å². The molecule has 114 valence electrons. The van der Waals surface area contributed by atoms with Gasteiger partial charge in [0.05, 0.1) is 0 Å². The number of aromatic nitrogens is 2. The molecule has 0 aliphatic heterocycles. The van der Waals surface area contributed by atoms with Crippen molar-refractivity contribution in [3.05, 3.63) is 60.2 Å². The molecule has 1 saturated carbocycles. The Morgan fingerprint density at radius 1 is 1.04 bits per heavy atom. The van der Waals surface area contributed by atoms with Gasteiger partial charge in [0.2, 0.25) is 5.82 Å². The first-order chi connectivity index (χ1) is 11.3. The second-order valence-corrected chi connectivity index (χ2v) is 5.62. The van der Waals surface area contributed by atoms with Crippen molar-refractivity contribution in [1.82, 2.24) is 15.5 Å². The Bertz CT molecular complexity index is 838. The topological polar surface area (TPSA) is 68.0 Å². The van der Waals surface area contributed by atoms with Crippen LogP contribution in [0.4, 0.5) is 0 Å². The van der Waals surface area contributed by atoms with E-state index in [1.54, 1.807) is 12.1 Å². The van der Waals surface area contributed by atoms with Gasteiger partial charge < -0.3 is 9.84 Å². The molecular weight excluding hydrogens is 290 g/mol. The van der Waals surface area contributed by atoms with E-state index in [2.05, 4.69) is 15.5 Å². The third-order valence-electron chi connectivity index (χ3n) is 3.74. The lowest BCUT2D eigenvalue weighted by molar-refractivity contribution is 0.0951. The number of rotatable bonds is 4. The zero-order chi connectivity index (χ0) is 15.6. The molecule has 0 saturated heterocycles. The Labute approximate surface area is 133 Å². The van der Waals surface area contributed by atoms with Crippen LogP contribution in [0, 0.1) is 0 Å². The maximum absolute atomic E-state index is 12.1. The zero-order valence-corrected chi connectivity index (χ0v) is 12.4. The molecule has 0 spiro atoms. The number of hydrogen-bond donors (Lipinski definition) is 1. The first-order valence-corrected chi connectivity index (χ1v) is 7.60. The van der Waals surface area contributed by atoms with Crippen LogP contribution in [0.2, 0.25) is 0 Å². The van der Waals surface area contributed by atoms with Gasteiger partial charge in [0.15, 0.2) is 0 Å². The van der Waals surface area contributed by atoms with Crippen molar-refractivity contribution >= 4 is 5.91 Å². The first kappa shape index (κ1) is 13.7. The molecule has 0 unspecified atom stereocenters. The third-order valence-corrected chi connectivity index (χ3v) is 3.74. The van der Waals surface area contributed by atoms with Gasteiger partial charge in [-0.1, -0.05) is 41.6 Å². The molecule has 1 heterocycles. The summed E-state index contributed by atoms with van der Waals surface area (Å²) in [7, 11) is 0. The van der Waals surface area contributed by atoms with Crippen molar-refractivity contribution in [2.45, 2.75) is 18.9 Å². The lowest BCUT2D eigenvalue weighted by Crippen LogP contribution is -2.25. The molecule has 1 N–H and O–H groups in total. The molecule has 2 aromatic carbocycles. The highest BCUT2D eigenvalue weighted by Crippen LogP contribution is 2.24. The van der Waals surface area contributed by atoms with E-state index in [1.807, 2.05) is 42.5 Å². The number of nitrogens with one attached hydrogen (secondary N) is 1. The fourth-order valence-corrected chi connectivity index (χ4v) is 2.34. The molecule has 1 aromatic heterocycles. The van der Waals surface area contributed by atoms with E-state index in [-0.39, 0.29) is 5.91 Å². The van der Waals surface area contributed by atoms with Gasteiger partial charge in [-0.05, 0) is 31.0 Å². The van der Waals surface area contributed by atoms with Crippen LogP contribution >= 0.6 is 0 Å². The monoisotopic (exact) mass is 305 g/mol. The standard InChI is InChI=1S/C18H15N3O2/c22-17(19-15-9-10-15)13-7-4-8-14(11-13)18-20-16(21-23-18)12-5-2-1-3-6-12/h1-8,11,15H,9-10H2,(H,19,22). The van der Waals surface area contributed by atoms with E-state index in [9.17, 15) is 4.79 Å². The Balaban J connectivity index is 1.60. The zero-order valence-electron chi connectivity index (χ0n) is 12.4. The second kappa shape index (κ2) is 5.68. The molecule has 1 amide bonds. The molecule has 1 aliphatic rings. The summed E-state index contributed by atoms with van der Waals surface area (Å²) >= 11 is 0. The van der Waals surface area contributed by atoms with Gasteiger partial charge in [0.1, 0.15) is 0 Å². The van der Waals surface area contributed by atoms with Gasteiger partial charge in [-0.3, -0.25) is 4.79 Å². The molecule has 0 radical (unpaired) electrons. The molecule has 5 heteroatoms. The van der Waals surface area contributed by atoms with E-state index in [4.69, 9.17) is 4.52 Å². The second-order valence-electron chi connectivity index (χ2n) is 5.62. The summed E-state index contributed by atoms with van der Waals surface area (Å²) < 4.78 is 5.34. The quantitative estimate of drug-likeness (QED) is 0.803. The van der Waals surface area contributed by atoms with E-state index < -0.39 is 0 Å². The van der Waals surface area contributed by atoms with Gasteiger partial charge in [0.25, 0.3) is 11.8 Å². The smallest absolute Gasteiger partial charge is 0.258 e. The minimum Gasteiger partial charge on any atom is -0.349 e. The van der Waals surface area contributed by atoms with Crippen molar-refractivity contribution in [3.8, 4) is 22.8 Å². The highest BCUT2D eigenvalue weighted by Gasteiger charge is 2.24. The Morgan fingerprint density at radius 2 is 1.83 bits per heavy atom. The third kappa shape index (κ3) is 2.99. The number of benzene rings is 2. The summed E-state index contributed by atoms with van der Waals surface area (Å²) in [6.07, 6.45) is 2.13. The number of amides is 1. The number of hydrogen-bond acceptors (Lipinski definition) is 4. The summed E-state index contributed by atoms with van der Waals surface area (Å²) in [4.78, 5) is 16.5. The van der Waals surface area contributed by atoms with Crippen molar-refractivity contribution in [3.63, 3.8) is 0 Å². The maximum atomic E-state index is 12.1. The highest BCUT2D eigenvalue weighted by molar-refractivity contribution is 5.95. The fraction of sp³-hybridized carbons (Fsp3) is 0.167. The average molecular weight is 305 g/mol. The van der Waals surface area contributed by atoms with Crippen molar-refractivity contribution in [1.29, 1.82) is 0 Å². The van der Waals surface area contributed by atoms with Crippen LogP contribution in [0.15, 0.2) is 59.1 Å². The summed E-state index contributed by atoms with van der Waals surface area (Å²) in [5, 5.41) is 6.98. The Morgan fingerprint density at radius 3 is 2.61 bits per heavy atom.